The molecule has 1 aliphatic rings. The largest absolute Gasteiger partial charge is 0.321 e. The second kappa shape index (κ2) is 4.71. The number of hydrogen-bond donors (Lipinski definition) is 2. The third-order valence-corrected chi connectivity index (χ3v) is 4.43. The number of benzene rings is 2. The summed E-state index contributed by atoms with van der Waals surface area (Å²) in [6.07, 6.45) is 0. The van der Waals surface area contributed by atoms with Crippen LogP contribution in [0.3, 0.4) is 0 Å². The van der Waals surface area contributed by atoms with Gasteiger partial charge >= 0.3 is 0 Å². The van der Waals surface area contributed by atoms with Crippen molar-refractivity contribution in [3.05, 3.63) is 59.7 Å². The van der Waals surface area contributed by atoms with E-state index >= 15 is 0 Å². The Morgan fingerprint density at radius 3 is 2.43 bits per heavy atom. The number of amides is 2. The first-order chi connectivity index (χ1) is 9.99. The molecular formula is C14H10N2O4S. The molecule has 0 fully saturated rings. The van der Waals surface area contributed by atoms with E-state index < -0.39 is 21.8 Å². The summed E-state index contributed by atoms with van der Waals surface area (Å²) >= 11 is 0. The van der Waals surface area contributed by atoms with E-state index in [2.05, 4.69) is 5.32 Å². The summed E-state index contributed by atoms with van der Waals surface area (Å²) in [6, 6.07) is 12.7. The molecule has 21 heavy (non-hydrogen) atoms. The van der Waals surface area contributed by atoms with Gasteiger partial charge in [-0.25, -0.2) is 13.1 Å². The van der Waals surface area contributed by atoms with Gasteiger partial charge in [-0.3, -0.25) is 9.59 Å². The minimum absolute atomic E-state index is 0.0400. The van der Waals surface area contributed by atoms with Gasteiger partial charge in [0.05, 0.1) is 11.3 Å². The summed E-state index contributed by atoms with van der Waals surface area (Å²) in [6.45, 7) is 0. The fourth-order valence-electron chi connectivity index (χ4n) is 2.11. The van der Waals surface area contributed by atoms with E-state index in [1.807, 2.05) is 4.72 Å². The van der Waals surface area contributed by atoms with Crippen LogP contribution >= 0.6 is 0 Å². The lowest BCUT2D eigenvalue weighted by molar-refractivity contribution is 0.0986. The van der Waals surface area contributed by atoms with E-state index in [9.17, 15) is 18.0 Å². The van der Waals surface area contributed by atoms with Crippen molar-refractivity contribution in [1.82, 2.24) is 4.72 Å². The molecule has 0 aromatic heterocycles. The van der Waals surface area contributed by atoms with Crippen LogP contribution < -0.4 is 10.0 Å². The average Bonchev–Trinajstić information content (AvgIpc) is 2.70. The van der Waals surface area contributed by atoms with Crippen LogP contribution in [0.25, 0.3) is 0 Å². The molecule has 3 rings (SSSR count). The maximum atomic E-state index is 12.1. The Kier molecular flexibility index (Phi) is 2.99. The van der Waals surface area contributed by atoms with Gasteiger partial charge in [0.2, 0.25) is 0 Å². The first-order valence-electron chi connectivity index (χ1n) is 6.05. The summed E-state index contributed by atoms with van der Waals surface area (Å²) in [5.41, 5.74) is 0.540. The molecule has 2 amide bonds. The number of nitrogens with one attached hydrogen (secondary N) is 2. The SMILES string of the molecule is O=C(Nc1cccc2c1C(=O)NS2(=O)=O)c1ccccc1. The van der Waals surface area contributed by atoms with Crippen molar-refractivity contribution in [3.8, 4) is 0 Å². The molecular weight excluding hydrogens is 292 g/mol. The molecule has 1 heterocycles. The third kappa shape index (κ3) is 2.27. The molecule has 0 saturated carbocycles. The maximum absolute atomic E-state index is 12.1. The number of carbonyl (C=O) groups excluding carboxylic acids is 2. The quantitative estimate of drug-likeness (QED) is 0.876. The predicted octanol–water partition coefficient (Wildman–Crippen LogP) is 1.37. The predicted molar refractivity (Wildman–Crippen MR) is 75.5 cm³/mol. The fraction of sp³-hybridized carbons (Fsp3) is 0. The third-order valence-electron chi connectivity index (χ3n) is 3.05. The number of hydrogen-bond acceptors (Lipinski definition) is 4. The molecule has 0 spiro atoms. The monoisotopic (exact) mass is 302 g/mol. The van der Waals surface area contributed by atoms with Crippen molar-refractivity contribution in [2.75, 3.05) is 5.32 Å². The first-order valence-corrected chi connectivity index (χ1v) is 7.54. The van der Waals surface area contributed by atoms with Gasteiger partial charge in [-0.2, -0.15) is 0 Å². The van der Waals surface area contributed by atoms with Gasteiger partial charge in [-0.15, -0.1) is 0 Å². The Morgan fingerprint density at radius 1 is 1.00 bits per heavy atom. The van der Waals surface area contributed by atoms with Gasteiger partial charge in [0, 0.05) is 5.56 Å². The van der Waals surface area contributed by atoms with E-state index in [4.69, 9.17) is 0 Å². The summed E-state index contributed by atoms with van der Waals surface area (Å²) in [5.74, 6) is -1.16. The number of fused-ring (bicyclic) bond motifs is 1. The molecule has 106 valence electrons. The minimum Gasteiger partial charge on any atom is -0.321 e. The van der Waals surface area contributed by atoms with E-state index in [0.717, 1.165) is 0 Å². The Hall–Kier alpha value is -2.67. The molecule has 2 aromatic carbocycles. The molecule has 0 saturated heterocycles. The van der Waals surface area contributed by atoms with Crippen LogP contribution in [-0.4, -0.2) is 20.2 Å². The maximum Gasteiger partial charge on any atom is 0.268 e. The van der Waals surface area contributed by atoms with Crippen LogP contribution in [-0.2, 0) is 10.0 Å². The molecule has 0 radical (unpaired) electrons. The smallest absolute Gasteiger partial charge is 0.268 e. The van der Waals surface area contributed by atoms with Crippen molar-refractivity contribution in [3.63, 3.8) is 0 Å². The standard InChI is InChI=1S/C14H10N2O4S/c17-13(9-5-2-1-3-6-9)15-10-7-4-8-11-12(10)14(18)16-21(11,19)20/h1-8H,(H,15,17)(H,16,18). The van der Waals surface area contributed by atoms with Crippen molar-refractivity contribution in [2.24, 2.45) is 0 Å². The number of sulfonamides is 1. The second-order valence-corrected chi connectivity index (χ2v) is 6.08. The lowest BCUT2D eigenvalue weighted by Crippen LogP contribution is -2.21. The highest BCUT2D eigenvalue weighted by molar-refractivity contribution is 7.90. The van der Waals surface area contributed by atoms with Crippen molar-refractivity contribution in [2.45, 2.75) is 4.90 Å². The molecule has 2 aromatic rings. The zero-order valence-corrected chi connectivity index (χ0v) is 11.5. The van der Waals surface area contributed by atoms with E-state index in [1.54, 1.807) is 30.3 Å². The van der Waals surface area contributed by atoms with Crippen molar-refractivity contribution >= 4 is 27.5 Å². The van der Waals surface area contributed by atoms with E-state index in [1.165, 1.54) is 18.2 Å². The van der Waals surface area contributed by atoms with Crippen LogP contribution in [0.5, 0.6) is 0 Å². The van der Waals surface area contributed by atoms with Crippen molar-refractivity contribution < 1.29 is 18.0 Å². The zero-order chi connectivity index (χ0) is 15.0. The van der Waals surface area contributed by atoms with Gasteiger partial charge in [0.25, 0.3) is 21.8 Å². The van der Waals surface area contributed by atoms with E-state index in [0.29, 0.717) is 5.56 Å². The van der Waals surface area contributed by atoms with Crippen LogP contribution in [0.15, 0.2) is 53.4 Å². The fourth-order valence-corrected chi connectivity index (χ4v) is 3.29. The number of anilines is 1. The lowest BCUT2D eigenvalue weighted by Gasteiger charge is -2.07. The van der Waals surface area contributed by atoms with Crippen molar-refractivity contribution in [1.29, 1.82) is 0 Å². The first kappa shape index (κ1) is 13.3. The topological polar surface area (TPSA) is 92.3 Å². The zero-order valence-electron chi connectivity index (χ0n) is 10.7. The van der Waals surface area contributed by atoms with Crippen LogP contribution in [0.2, 0.25) is 0 Å². The Labute approximate surface area is 120 Å². The summed E-state index contributed by atoms with van der Waals surface area (Å²) in [5, 5.41) is 2.56. The highest BCUT2D eigenvalue weighted by atomic mass is 32.2. The molecule has 7 heteroatoms. The van der Waals surface area contributed by atoms with Crippen LogP contribution in [0.4, 0.5) is 5.69 Å². The normalized spacial score (nSPS) is 15.1. The minimum atomic E-state index is -3.83. The second-order valence-electron chi connectivity index (χ2n) is 4.43. The van der Waals surface area contributed by atoms with Crippen LogP contribution in [0.1, 0.15) is 20.7 Å². The van der Waals surface area contributed by atoms with Gasteiger partial charge in [-0.05, 0) is 24.3 Å². The van der Waals surface area contributed by atoms with Gasteiger partial charge in [0.1, 0.15) is 4.90 Å². The van der Waals surface area contributed by atoms with Crippen LogP contribution in [0, 0.1) is 0 Å². The molecule has 0 unspecified atom stereocenters. The molecule has 6 nitrogen and oxygen atoms in total. The van der Waals surface area contributed by atoms with E-state index in [-0.39, 0.29) is 16.1 Å². The van der Waals surface area contributed by atoms with Gasteiger partial charge in [-0.1, -0.05) is 24.3 Å². The Bertz CT molecular complexity index is 845. The number of rotatable bonds is 2. The molecule has 1 aliphatic heterocycles. The highest BCUT2D eigenvalue weighted by Gasteiger charge is 2.34. The molecule has 0 bridgehead atoms. The Morgan fingerprint density at radius 2 is 1.71 bits per heavy atom. The average molecular weight is 302 g/mol. The van der Waals surface area contributed by atoms with Gasteiger partial charge in [0.15, 0.2) is 0 Å². The summed E-state index contributed by atoms with van der Waals surface area (Å²) < 4.78 is 25.3. The summed E-state index contributed by atoms with van der Waals surface area (Å²) in [7, 11) is -3.83. The number of carbonyl (C=O) groups is 2. The van der Waals surface area contributed by atoms with Gasteiger partial charge < -0.3 is 5.32 Å². The molecule has 0 aliphatic carbocycles. The summed E-state index contributed by atoms with van der Waals surface area (Å²) in [4.78, 5) is 23.7. The highest BCUT2D eigenvalue weighted by Crippen LogP contribution is 2.29. The Balaban J connectivity index is 2.01. The lowest BCUT2D eigenvalue weighted by atomic mass is 10.1. The molecule has 0 atom stereocenters. The molecule has 2 N–H and O–H groups in total.